The maximum atomic E-state index is 11.4. The van der Waals surface area contributed by atoms with Crippen LogP contribution in [0.3, 0.4) is 0 Å². The van der Waals surface area contributed by atoms with E-state index in [9.17, 15) is 9.90 Å². The van der Waals surface area contributed by atoms with Gasteiger partial charge in [0, 0.05) is 12.3 Å². The zero-order valence-electron chi connectivity index (χ0n) is 8.57. The molecule has 1 heterocycles. The van der Waals surface area contributed by atoms with Crippen molar-refractivity contribution < 1.29 is 5.11 Å². The van der Waals surface area contributed by atoms with Gasteiger partial charge in [0.15, 0.2) is 4.77 Å². The van der Waals surface area contributed by atoms with Crippen molar-refractivity contribution in [1.29, 1.82) is 0 Å². The predicted molar refractivity (Wildman–Crippen MR) is 61.3 cm³/mol. The Labute approximate surface area is 91.9 Å². The summed E-state index contributed by atoms with van der Waals surface area (Å²) >= 11 is 4.69. The van der Waals surface area contributed by atoms with E-state index in [2.05, 4.69) is 27.2 Å². The molecule has 0 aliphatic rings. The maximum absolute atomic E-state index is 11.4. The number of aromatic hydroxyl groups is 1. The molecule has 15 heavy (non-hydrogen) atoms. The van der Waals surface area contributed by atoms with E-state index in [1.54, 1.807) is 0 Å². The molecule has 82 valence electrons. The van der Waals surface area contributed by atoms with Crippen molar-refractivity contribution in [1.82, 2.24) is 9.97 Å². The van der Waals surface area contributed by atoms with Crippen molar-refractivity contribution in [2.24, 2.45) is 4.99 Å². The van der Waals surface area contributed by atoms with Crippen molar-refractivity contribution >= 4 is 18.4 Å². The average molecular weight is 227 g/mol. The number of nitrogens with one attached hydrogen (secondary N) is 2. The first-order valence-corrected chi connectivity index (χ1v) is 5.04. The predicted octanol–water partition coefficient (Wildman–Crippen LogP) is 1.36. The fraction of sp³-hybridized carbons (Fsp3) is 0.444. The number of aromatic amines is 2. The number of H-pyrrole nitrogens is 2. The first-order chi connectivity index (χ1) is 7.04. The van der Waals surface area contributed by atoms with Crippen LogP contribution in [0, 0.1) is 4.77 Å². The number of aliphatic imine (C=N–C) groups is 1. The third kappa shape index (κ3) is 3.02. The van der Waals surface area contributed by atoms with Crippen molar-refractivity contribution in [3.8, 4) is 5.88 Å². The molecule has 0 spiro atoms. The molecule has 5 nitrogen and oxygen atoms in total. The van der Waals surface area contributed by atoms with Crippen LogP contribution in [0.25, 0.3) is 0 Å². The van der Waals surface area contributed by atoms with Crippen molar-refractivity contribution in [3.05, 3.63) is 20.7 Å². The van der Waals surface area contributed by atoms with E-state index in [-0.39, 0.29) is 22.3 Å². The SMILES string of the molecule is CCC(C)N=Cc1c(O)[nH]c(=S)[nH]c1=O. The van der Waals surface area contributed by atoms with Gasteiger partial charge < -0.3 is 10.1 Å². The summed E-state index contributed by atoms with van der Waals surface area (Å²) in [5, 5.41) is 9.42. The number of nitrogens with zero attached hydrogens (tertiary/aromatic N) is 1. The van der Waals surface area contributed by atoms with Gasteiger partial charge in [0.25, 0.3) is 5.56 Å². The van der Waals surface area contributed by atoms with Crippen molar-refractivity contribution in [2.45, 2.75) is 26.3 Å². The molecule has 0 aromatic carbocycles. The largest absolute Gasteiger partial charge is 0.494 e. The normalized spacial score (nSPS) is 13.2. The summed E-state index contributed by atoms with van der Waals surface area (Å²) in [5.41, 5.74) is -0.341. The fourth-order valence-electron chi connectivity index (χ4n) is 0.911. The Hall–Kier alpha value is -1.43. The van der Waals surface area contributed by atoms with Crippen LogP contribution in [-0.2, 0) is 0 Å². The fourth-order valence-corrected chi connectivity index (χ4v) is 1.10. The molecular formula is C9H13N3O2S. The summed E-state index contributed by atoms with van der Waals surface area (Å²) in [5.74, 6) is -0.254. The number of hydrogen-bond donors (Lipinski definition) is 3. The van der Waals surface area contributed by atoms with Gasteiger partial charge in [-0.1, -0.05) is 6.92 Å². The van der Waals surface area contributed by atoms with Crippen LogP contribution >= 0.6 is 12.2 Å². The van der Waals surface area contributed by atoms with E-state index in [1.165, 1.54) is 6.21 Å². The molecule has 0 saturated heterocycles. The lowest BCUT2D eigenvalue weighted by Crippen LogP contribution is -2.14. The van der Waals surface area contributed by atoms with Crippen LogP contribution < -0.4 is 5.56 Å². The second-order valence-corrected chi connectivity index (χ2v) is 3.61. The Morgan fingerprint density at radius 3 is 2.80 bits per heavy atom. The van der Waals surface area contributed by atoms with Gasteiger partial charge in [-0.05, 0) is 25.6 Å². The molecule has 6 heteroatoms. The molecule has 1 aromatic heterocycles. The number of hydrogen-bond acceptors (Lipinski definition) is 4. The first kappa shape index (κ1) is 11.6. The van der Waals surface area contributed by atoms with Crippen LogP contribution in [0.5, 0.6) is 5.88 Å². The van der Waals surface area contributed by atoms with E-state index < -0.39 is 5.56 Å². The van der Waals surface area contributed by atoms with Gasteiger partial charge in [-0.2, -0.15) is 0 Å². The molecule has 3 N–H and O–H groups in total. The van der Waals surface area contributed by atoms with Gasteiger partial charge in [0.1, 0.15) is 5.56 Å². The molecule has 1 atom stereocenters. The summed E-state index contributed by atoms with van der Waals surface area (Å²) < 4.78 is 0.0955. The van der Waals surface area contributed by atoms with Crippen molar-refractivity contribution in [3.63, 3.8) is 0 Å². The third-order valence-corrected chi connectivity index (χ3v) is 2.21. The Kier molecular flexibility index (Phi) is 3.79. The zero-order valence-corrected chi connectivity index (χ0v) is 9.39. The van der Waals surface area contributed by atoms with Crippen molar-refractivity contribution in [2.75, 3.05) is 0 Å². The highest BCUT2D eigenvalue weighted by atomic mass is 32.1. The van der Waals surface area contributed by atoms with Crippen LogP contribution in [0.15, 0.2) is 9.79 Å². The van der Waals surface area contributed by atoms with E-state index >= 15 is 0 Å². The lowest BCUT2D eigenvalue weighted by molar-refractivity contribution is 0.449. The van der Waals surface area contributed by atoms with Crippen LogP contribution in [0.1, 0.15) is 25.8 Å². The quantitative estimate of drug-likeness (QED) is 0.538. The van der Waals surface area contributed by atoms with E-state index in [0.29, 0.717) is 0 Å². The molecular weight excluding hydrogens is 214 g/mol. The summed E-state index contributed by atoms with van der Waals surface area (Å²) in [6.45, 7) is 3.91. The molecule has 0 bridgehead atoms. The van der Waals surface area contributed by atoms with E-state index in [1.807, 2.05) is 13.8 Å². The van der Waals surface area contributed by atoms with Crippen LogP contribution in [0.2, 0.25) is 0 Å². The summed E-state index contributed by atoms with van der Waals surface area (Å²) in [6, 6.07) is 0.118. The van der Waals surface area contributed by atoms with Crippen LogP contribution in [-0.4, -0.2) is 27.3 Å². The van der Waals surface area contributed by atoms with Gasteiger partial charge in [0.05, 0.1) is 0 Å². The van der Waals surface area contributed by atoms with Crippen LogP contribution in [0.4, 0.5) is 0 Å². The highest BCUT2D eigenvalue weighted by Crippen LogP contribution is 2.04. The Bertz CT molecular complexity index is 475. The molecule has 0 saturated carbocycles. The summed E-state index contributed by atoms with van der Waals surface area (Å²) in [6.07, 6.45) is 2.23. The van der Waals surface area contributed by atoms with E-state index in [4.69, 9.17) is 0 Å². The number of rotatable bonds is 3. The standard InChI is InChI=1S/C9H13N3O2S/c1-3-5(2)10-4-6-7(13)11-9(15)12-8(6)14/h4-5H,3H2,1-2H3,(H3,11,12,13,14,15). The molecule has 0 aliphatic heterocycles. The molecule has 1 rings (SSSR count). The average Bonchev–Trinajstić information content (AvgIpc) is 2.15. The van der Waals surface area contributed by atoms with Gasteiger partial charge >= 0.3 is 0 Å². The lowest BCUT2D eigenvalue weighted by Gasteiger charge is -2.00. The Morgan fingerprint density at radius 1 is 1.60 bits per heavy atom. The highest BCUT2D eigenvalue weighted by molar-refractivity contribution is 7.71. The zero-order chi connectivity index (χ0) is 11.4. The Morgan fingerprint density at radius 2 is 2.27 bits per heavy atom. The Balaban J connectivity index is 3.11. The number of aromatic nitrogens is 2. The minimum Gasteiger partial charge on any atom is -0.494 e. The minimum atomic E-state index is -0.441. The monoisotopic (exact) mass is 227 g/mol. The molecule has 0 aliphatic carbocycles. The molecule has 1 unspecified atom stereocenters. The molecule has 1 aromatic rings. The molecule has 0 amide bonds. The summed E-state index contributed by atoms with van der Waals surface area (Å²) in [4.78, 5) is 20.3. The second-order valence-electron chi connectivity index (χ2n) is 3.21. The van der Waals surface area contributed by atoms with Gasteiger partial charge in [-0.3, -0.25) is 14.8 Å². The highest BCUT2D eigenvalue weighted by Gasteiger charge is 2.04. The van der Waals surface area contributed by atoms with Gasteiger partial charge in [0.2, 0.25) is 5.88 Å². The van der Waals surface area contributed by atoms with Gasteiger partial charge in [-0.25, -0.2) is 0 Å². The third-order valence-electron chi connectivity index (χ3n) is 2.01. The summed E-state index contributed by atoms with van der Waals surface area (Å²) in [7, 11) is 0. The lowest BCUT2D eigenvalue weighted by atomic mass is 10.3. The second kappa shape index (κ2) is 4.88. The van der Waals surface area contributed by atoms with Gasteiger partial charge in [-0.15, -0.1) is 0 Å². The minimum absolute atomic E-state index is 0.0955. The molecule has 0 radical (unpaired) electrons. The molecule has 0 fully saturated rings. The van der Waals surface area contributed by atoms with E-state index in [0.717, 1.165) is 6.42 Å². The topological polar surface area (TPSA) is 81.2 Å². The smallest absolute Gasteiger partial charge is 0.264 e. The first-order valence-electron chi connectivity index (χ1n) is 4.63. The maximum Gasteiger partial charge on any atom is 0.264 e.